The quantitative estimate of drug-likeness (QED) is 0.666. The van der Waals surface area contributed by atoms with Gasteiger partial charge in [0.15, 0.2) is 0 Å². The van der Waals surface area contributed by atoms with Crippen LogP contribution in [0, 0.1) is 10.1 Å². The van der Waals surface area contributed by atoms with Crippen LogP contribution in [-0.4, -0.2) is 45.5 Å². The number of non-ortho nitro benzene ring substituents is 1. The second kappa shape index (κ2) is 5.69. The fourth-order valence-corrected chi connectivity index (χ4v) is 2.77. The summed E-state index contributed by atoms with van der Waals surface area (Å²) in [4.78, 5) is 20.4. The largest absolute Gasteiger partial charge is 0.353 e. The number of likely N-dealkylation sites (tertiary alicyclic amines) is 1. The lowest BCUT2D eigenvalue weighted by Crippen LogP contribution is -2.39. The molecule has 1 fully saturated rings. The molecule has 0 unspecified atom stereocenters. The first-order chi connectivity index (χ1) is 10.2. The topological polar surface area (TPSA) is 87.1 Å². The lowest BCUT2D eigenvalue weighted by Gasteiger charge is -2.31. The zero-order valence-corrected chi connectivity index (χ0v) is 12.0. The zero-order valence-electron chi connectivity index (χ0n) is 12.0. The molecule has 2 aromatic rings. The van der Waals surface area contributed by atoms with Crippen molar-refractivity contribution in [3.05, 3.63) is 28.3 Å². The fourth-order valence-electron chi connectivity index (χ4n) is 2.77. The summed E-state index contributed by atoms with van der Waals surface area (Å²) < 4.78 is 0. The molecule has 1 saturated heterocycles. The van der Waals surface area contributed by atoms with Crippen molar-refractivity contribution in [1.82, 2.24) is 14.9 Å². The van der Waals surface area contributed by atoms with Gasteiger partial charge in [0.1, 0.15) is 0 Å². The Labute approximate surface area is 122 Å². The number of rotatable bonds is 4. The smallest absolute Gasteiger partial charge is 0.271 e. The average molecular weight is 289 g/mol. The van der Waals surface area contributed by atoms with Gasteiger partial charge in [0.2, 0.25) is 5.95 Å². The van der Waals surface area contributed by atoms with Crippen molar-refractivity contribution in [3.8, 4) is 0 Å². The summed E-state index contributed by atoms with van der Waals surface area (Å²) in [6, 6.07) is 5.08. The number of nitro benzene ring substituents is 1. The molecule has 2 N–H and O–H groups in total. The van der Waals surface area contributed by atoms with Gasteiger partial charge in [-0.25, -0.2) is 4.98 Å². The van der Waals surface area contributed by atoms with E-state index in [2.05, 4.69) is 27.1 Å². The Balaban J connectivity index is 1.71. The molecular formula is C14H19N5O2. The van der Waals surface area contributed by atoms with Gasteiger partial charge in [-0.3, -0.25) is 10.1 Å². The van der Waals surface area contributed by atoms with E-state index in [0.717, 1.165) is 38.0 Å². The third-order valence-corrected chi connectivity index (χ3v) is 4.05. The van der Waals surface area contributed by atoms with Crippen LogP contribution in [0.1, 0.15) is 19.8 Å². The first-order valence-corrected chi connectivity index (χ1v) is 7.28. The number of hydrogen-bond donors (Lipinski definition) is 2. The predicted molar refractivity (Wildman–Crippen MR) is 81.5 cm³/mol. The van der Waals surface area contributed by atoms with Crippen molar-refractivity contribution in [1.29, 1.82) is 0 Å². The van der Waals surface area contributed by atoms with Crippen LogP contribution in [0.2, 0.25) is 0 Å². The lowest BCUT2D eigenvalue weighted by atomic mass is 10.1. The number of anilines is 1. The maximum atomic E-state index is 10.8. The highest BCUT2D eigenvalue weighted by atomic mass is 16.6. The Hall–Kier alpha value is -2.15. The summed E-state index contributed by atoms with van der Waals surface area (Å²) in [7, 11) is 0. The van der Waals surface area contributed by atoms with Crippen LogP contribution in [0.4, 0.5) is 11.6 Å². The maximum absolute atomic E-state index is 10.8. The molecule has 0 saturated carbocycles. The van der Waals surface area contributed by atoms with Gasteiger partial charge >= 0.3 is 0 Å². The first-order valence-electron chi connectivity index (χ1n) is 7.28. The first kappa shape index (κ1) is 13.8. The summed E-state index contributed by atoms with van der Waals surface area (Å²) in [5.74, 6) is 0.695. The van der Waals surface area contributed by atoms with E-state index in [0.29, 0.717) is 17.5 Å². The third-order valence-electron chi connectivity index (χ3n) is 4.05. The van der Waals surface area contributed by atoms with Crippen LogP contribution in [0.25, 0.3) is 11.0 Å². The van der Waals surface area contributed by atoms with E-state index in [1.807, 2.05) is 0 Å². The van der Waals surface area contributed by atoms with Crippen molar-refractivity contribution < 1.29 is 4.92 Å². The number of hydrogen-bond acceptors (Lipinski definition) is 5. The number of nitrogens with one attached hydrogen (secondary N) is 2. The molecule has 3 rings (SSSR count). The Morgan fingerprint density at radius 1 is 1.48 bits per heavy atom. The van der Waals surface area contributed by atoms with Crippen molar-refractivity contribution in [2.45, 2.75) is 25.8 Å². The molecule has 0 amide bonds. The third kappa shape index (κ3) is 2.97. The molecule has 0 radical (unpaired) electrons. The van der Waals surface area contributed by atoms with Crippen LogP contribution in [-0.2, 0) is 0 Å². The van der Waals surface area contributed by atoms with E-state index < -0.39 is 4.92 Å². The molecule has 21 heavy (non-hydrogen) atoms. The number of aromatic nitrogens is 2. The highest BCUT2D eigenvalue weighted by Gasteiger charge is 2.19. The van der Waals surface area contributed by atoms with E-state index in [9.17, 15) is 10.1 Å². The van der Waals surface area contributed by atoms with Gasteiger partial charge in [-0.05, 0) is 25.5 Å². The summed E-state index contributed by atoms with van der Waals surface area (Å²) in [5, 5.41) is 14.2. The summed E-state index contributed by atoms with van der Waals surface area (Å²) in [6.45, 7) is 5.47. The monoisotopic (exact) mass is 289 g/mol. The Kier molecular flexibility index (Phi) is 3.74. The molecule has 112 valence electrons. The molecule has 1 aliphatic heterocycles. The minimum Gasteiger partial charge on any atom is -0.353 e. The van der Waals surface area contributed by atoms with Crippen LogP contribution in [0.5, 0.6) is 0 Å². The number of piperidine rings is 1. The molecule has 7 heteroatoms. The predicted octanol–water partition coefficient (Wildman–Crippen LogP) is 2.37. The average Bonchev–Trinajstić information content (AvgIpc) is 2.89. The normalized spacial score (nSPS) is 17.2. The number of H-pyrrole nitrogens is 1. The minimum absolute atomic E-state index is 0.0777. The molecule has 0 spiro atoms. The van der Waals surface area contributed by atoms with E-state index in [-0.39, 0.29) is 5.69 Å². The van der Waals surface area contributed by atoms with Crippen LogP contribution in [0.15, 0.2) is 18.2 Å². The van der Waals surface area contributed by atoms with Crippen LogP contribution in [0.3, 0.4) is 0 Å². The van der Waals surface area contributed by atoms with Crippen molar-refractivity contribution in [2.75, 3.05) is 25.0 Å². The van der Waals surface area contributed by atoms with Gasteiger partial charge in [-0.1, -0.05) is 6.92 Å². The summed E-state index contributed by atoms with van der Waals surface area (Å²) in [6.07, 6.45) is 2.18. The highest BCUT2D eigenvalue weighted by Crippen LogP contribution is 2.22. The van der Waals surface area contributed by atoms with Crippen molar-refractivity contribution >= 4 is 22.7 Å². The molecule has 1 aromatic heterocycles. The SMILES string of the molecule is CCN1CCC(Nc2nc3ccc([N+](=O)[O-])cc3[nH]2)CC1. The molecule has 0 atom stereocenters. The van der Waals surface area contributed by atoms with Gasteiger partial charge in [0, 0.05) is 31.3 Å². The van der Waals surface area contributed by atoms with Crippen molar-refractivity contribution in [2.24, 2.45) is 0 Å². The molecule has 2 heterocycles. The van der Waals surface area contributed by atoms with Gasteiger partial charge in [-0.15, -0.1) is 0 Å². The number of benzene rings is 1. The Morgan fingerprint density at radius 2 is 2.24 bits per heavy atom. The highest BCUT2D eigenvalue weighted by molar-refractivity contribution is 5.79. The van der Waals surface area contributed by atoms with E-state index in [1.54, 1.807) is 6.07 Å². The molecule has 0 bridgehead atoms. The number of imidazole rings is 1. The zero-order chi connectivity index (χ0) is 14.8. The molecule has 7 nitrogen and oxygen atoms in total. The summed E-state index contributed by atoms with van der Waals surface area (Å²) >= 11 is 0. The maximum Gasteiger partial charge on any atom is 0.271 e. The molecular weight excluding hydrogens is 270 g/mol. The molecule has 1 aromatic carbocycles. The van der Waals surface area contributed by atoms with Gasteiger partial charge < -0.3 is 15.2 Å². The number of fused-ring (bicyclic) bond motifs is 1. The Bertz CT molecular complexity index is 646. The van der Waals surface area contributed by atoms with Gasteiger partial charge in [0.25, 0.3) is 5.69 Å². The molecule has 1 aliphatic rings. The van der Waals surface area contributed by atoms with Crippen LogP contribution >= 0.6 is 0 Å². The fraction of sp³-hybridized carbons (Fsp3) is 0.500. The van der Waals surface area contributed by atoms with Crippen molar-refractivity contribution in [3.63, 3.8) is 0 Å². The number of nitrogens with zero attached hydrogens (tertiary/aromatic N) is 3. The second-order valence-electron chi connectivity index (χ2n) is 5.40. The van der Waals surface area contributed by atoms with Gasteiger partial charge in [0.05, 0.1) is 16.0 Å². The summed E-state index contributed by atoms with van der Waals surface area (Å²) in [5.41, 5.74) is 1.51. The number of nitro groups is 1. The van der Waals surface area contributed by atoms with Crippen LogP contribution < -0.4 is 5.32 Å². The number of aromatic amines is 1. The Morgan fingerprint density at radius 3 is 2.90 bits per heavy atom. The van der Waals surface area contributed by atoms with Gasteiger partial charge in [-0.2, -0.15) is 0 Å². The lowest BCUT2D eigenvalue weighted by molar-refractivity contribution is -0.384. The second-order valence-corrected chi connectivity index (χ2v) is 5.40. The van der Waals surface area contributed by atoms with E-state index in [1.165, 1.54) is 12.1 Å². The van der Waals surface area contributed by atoms with E-state index in [4.69, 9.17) is 0 Å². The van der Waals surface area contributed by atoms with E-state index >= 15 is 0 Å². The standard InChI is InChI=1S/C14H19N5O2/c1-2-18-7-5-10(6-8-18)15-14-16-12-4-3-11(19(20)21)9-13(12)17-14/h3-4,9-10H,2,5-8H2,1H3,(H2,15,16,17). The molecule has 0 aliphatic carbocycles. The minimum atomic E-state index is -0.395.